The summed E-state index contributed by atoms with van der Waals surface area (Å²) in [5.41, 5.74) is 6.20. The third-order valence-electron chi connectivity index (χ3n) is 1.89. The zero-order valence-corrected chi connectivity index (χ0v) is 10.5. The van der Waals surface area contributed by atoms with E-state index in [4.69, 9.17) is 28.9 Å². The predicted octanol–water partition coefficient (Wildman–Crippen LogP) is 4.12. The van der Waals surface area contributed by atoms with Crippen molar-refractivity contribution in [3.63, 3.8) is 0 Å². The monoisotopic (exact) mass is 270 g/mol. The van der Waals surface area contributed by atoms with E-state index < -0.39 is 0 Å². The van der Waals surface area contributed by atoms with E-state index in [9.17, 15) is 0 Å². The van der Waals surface area contributed by atoms with Crippen LogP contribution in [0.4, 0.5) is 5.69 Å². The molecule has 1 heterocycles. The van der Waals surface area contributed by atoms with Crippen molar-refractivity contribution < 1.29 is 0 Å². The first-order valence-corrected chi connectivity index (χ1v) is 6.06. The third kappa shape index (κ3) is 2.61. The molecule has 0 atom stereocenters. The SMILES string of the molecule is Nc1cc(Cl)c(Sc2ccncc2)c(Cl)c1. The van der Waals surface area contributed by atoms with Gasteiger partial charge in [0.05, 0.1) is 10.0 Å². The number of halogens is 2. The number of anilines is 1. The van der Waals surface area contributed by atoms with Crippen molar-refractivity contribution in [2.75, 3.05) is 5.73 Å². The summed E-state index contributed by atoms with van der Waals surface area (Å²) in [5, 5.41) is 1.12. The third-order valence-corrected chi connectivity index (χ3v) is 3.86. The van der Waals surface area contributed by atoms with Gasteiger partial charge in [-0.25, -0.2) is 0 Å². The number of rotatable bonds is 2. The van der Waals surface area contributed by atoms with Crippen LogP contribution in [0.5, 0.6) is 0 Å². The van der Waals surface area contributed by atoms with Crippen LogP contribution in [-0.2, 0) is 0 Å². The Bertz CT molecular complexity index is 480. The number of nitrogen functional groups attached to an aromatic ring is 1. The van der Waals surface area contributed by atoms with Crippen molar-refractivity contribution in [1.29, 1.82) is 0 Å². The lowest BCUT2D eigenvalue weighted by molar-refractivity contribution is 1.26. The zero-order chi connectivity index (χ0) is 11.5. The van der Waals surface area contributed by atoms with Crippen LogP contribution < -0.4 is 5.73 Å². The molecule has 0 radical (unpaired) electrons. The summed E-state index contributed by atoms with van der Waals surface area (Å²) < 4.78 is 0. The van der Waals surface area contributed by atoms with Crippen LogP contribution >= 0.6 is 35.0 Å². The summed E-state index contributed by atoms with van der Waals surface area (Å²) in [7, 11) is 0. The lowest BCUT2D eigenvalue weighted by Gasteiger charge is -2.07. The number of nitrogens with zero attached hydrogens (tertiary/aromatic N) is 1. The van der Waals surface area contributed by atoms with E-state index in [1.54, 1.807) is 24.5 Å². The fourth-order valence-corrected chi connectivity index (χ4v) is 2.74. The van der Waals surface area contributed by atoms with E-state index in [0.717, 1.165) is 9.79 Å². The summed E-state index contributed by atoms with van der Waals surface area (Å²) >= 11 is 13.7. The molecule has 0 aliphatic rings. The molecule has 0 unspecified atom stereocenters. The minimum absolute atomic E-state index is 0.562. The van der Waals surface area contributed by atoms with Gasteiger partial charge in [-0.3, -0.25) is 4.98 Å². The molecule has 1 aromatic heterocycles. The molecule has 5 heteroatoms. The second kappa shape index (κ2) is 4.95. The van der Waals surface area contributed by atoms with E-state index in [1.807, 2.05) is 12.1 Å². The Labute approximate surface area is 108 Å². The fraction of sp³-hybridized carbons (Fsp3) is 0. The summed E-state index contributed by atoms with van der Waals surface area (Å²) in [6.07, 6.45) is 3.45. The van der Waals surface area contributed by atoms with Crippen molar-refractivity contribution in [2.45, 2.75) is 9.79 Å². The minimum atomic E-state index is 0.562. The highest BCUT2D eigenvalue weighted by atomic mass is 35.5. The van der Waals surface area contributed by atoms with Crippen LogP contribution in [-0.4, -0.2) is 4.98 Å². The molecule has 2 aromatic rings. The molecule has 2 N–H and O–H groups in total. The number of aromatic nitrogens is 1. The Morgan fingerprint density at radius 3 is 2.19 bits per heavy atom. The van der Waals surface area contributed by atoms with Crippen LogP contribution in [0.15, 0.2) is 46.5 Å². The van der Waals surface area contributed by atoms with Crippen molar-refractivity contribution in [3.05, 3.63) is 46.7 Å². The molecule has 2 rings (SSSR count). The van der Waals surface area contributed by atoms with Crippen LogP contribution in [0.3, 0.4) is 0 Å². The Morgan fingerprint density at radius 1 is 1.06 bits per heavy atom. The van der Waals surface area contributed by atoms with Gasteiger partial charge in [-0.1, -0.05) is 35.0 Å². The van der Waals surface area contributed by atoms with Gasteiger partial charge in [0.25, 0.3) is 0 Å². The molecular formula is C11H8Cl2N2S. The van der Waals surface area contributed by atoms with Gasteiger partial charge in [-0.2, -0.15) is 0 Å². The zero-order valence-electron chi connectivity index (χ0n) is 8.15. The topological polar surface area (TPSA) is 38.9 Å². The standard InChI is InChI=1S/C11H8Cl2N2S/c12-9-5-7(14)6-10(13)11(9)16-8-1-3-15-4-2-8/h1-6H,14H2. The number of nitrogens with two attached hydrogens (primary N) is 1. The normalized spacial score (nSPS) is 10.4. The van der Waals surface area contributed by atoms with Gasteiger partial charge in [-0.05, 0) is 24.3 Å². The van der Waals surface area contributed by atoms with E-state index >= 15 is 0 Å². The predicted molar refractivity (Wildman–Crippen MR) is 69.2 cm³/mol. The van der Waals surface area contributed by atoms with E-state index in [2.05, 4.69) is 4.98 Å². The van der Waals surface area contributed by atoms with E-state index in [0.29, 0.717) is 15.7 Å². The first-order valence-electron chi connectivity index (χ1n) is 4.49. The van der Waals surface area contributed by atoms with Crippen LogP contribution in [0, 0.1) is 0 Å². The molecule has 0 fully saturated rings. The van der Waals surface area contributed by atoms with Crippen molar-refractivity contribution in [3.8, 4) is 0 Å². The first kappa shape index (κ1) is 11.6. The number of hydrogen-bond acceptors (Lipinski definition) is 3. The smallest absolute Gasteiger partial charge is 0.0581 e. The Morgan fingerprint density at radius 2 is 1.62 bits per heavy atom. The Hall–Kier alpha value is -0.900. The van der Waals surface area contributed by atoms with Gasteiger partial charge in [0, 0.05) is 27.9 Å². The molecular weight excluding hydrogens is 263 g/mol. The molecule has 0 saturated heterocycles. The summed E-state index contributed by atoms with van der Waals surface area (Å²) in [6, 6.07) is 7.18. The molecule has 0 saturated carbocycles. The second-order valence-corrected chi connectivity index (χ2v) is 5.00. The minimum Gasteiger partial charge on any atom is -0.399 e. The molecule has 1 aromatic carbocycles. The highest BCUT2D eigenvalue weighted by Crippen LogP contribution is 2.39. The van der Waals surface area contributed by atoms with Gasteiger partial charge in [0.2, 0.25) is 0 Å². The summed E-state index contributed by atoms with van der Waals surface area (Å²) in [4.78, 5) is 5.79. The Balaban J connectivity index is 2.35. The van der Waals surface area contributed by atoms with Crippen LogP contribution in [0.1, 0.15) is 0 Å². The Kier molecular flexibility index (Phi) is 3.59. The van der Waals surface area contributed by atoms with Crippen molar-refractivity contribution >= 4 is 40.7 Å². The summed E-state index contributed by atoms with van der Waals surface area (Å²) in [6.45, 7) is 0. The van der Waals surface area contributed by atoms with Gasteiger partial charge in [0.1, 0.15) is 0 Å². The quantitative estimate of drug-likeness (QED) is 0.835. The van der Waals surface area contributed by atoms with Crippen LogP contribution in [0.2, 0.25) is 10.0 Å². The van der Waals surface area contributed by atoms with Gasteiger partial charge < -0.3 is 5.73 Å². The molecule has 16 heavy (non-hydrogen) atoms. The van der Waals surface area contributed by atoms with Crippen LogP contribution in [0.25, 0.3) is 0 Å². The average molecular weight is 271 g/mol. The molecule has 0 amide bonds. The van der Waals surface area contributed by atoms with E-state index in [1.165, 1.54) is 11.8 Å². The van der Waals surface area contributed by atoms with E-state index in [-0.39, 0.29) is 0 Å². The molecule has 0 bridgehead atoms. The maximum absolute atomic E-state index is 6.08. The number of hydrogen-bond donors (Lipinski definition) is 1. The fourth-order valence-electron chi connectivity index (χ4n) is 1.20. The molecule has 0 aliphatic carbocycles. The van der Waals surface area contributed by atoms with Gasteiger partial charge >= 0.3 is 0 Å². The first-order chi connectivity index (χ1) is 7.66. The van der Waals surface area contributed by atoms with Crippen molar-refractivity contribution in [1.82, 2.24) is 4.98 Å². The van der Waals surface area contributed by atoms with Crippen molar-refractivity contribution in [2.24, 2.45) is 0 Å². The molecule has 0 aliphatic heterocycles. The number of benzene rings is 1. The van der Waals surface area contributed by atoms with Gasteiger partial charge in [0.15, 0.2) is 0 Å². The summed E-state index contributed by atoms with van der Waals surface area (Å²) in [5.74, 6) is 0. The number of pyridine rings is 1. The maximum Gasteiger partial charge on any atom is 0.0581 e. The molecule has 2 nitrogen and oxygen atoms in total. The largest absolute Gasteiger partial charge is 0.399 e. The van der Waals surface area contributed by atoms with Gasteiger partial charge in [-0.15, -0.1) is 0 Å². The lowest BCUT2D eigenvalue weighted by atomic mass is 10.3. The highest BCUT2D eigenvalue weighted by molar-refractivity contribution is 7.99. The lowest BCUT2D eigenvalue weighted by Crippen LogP contribution is -1.86. The maximum atomic E-state index is 6.08. The molecule has 0 spiro atoms. The highest BCUT2D eigenvalue weighted by Gasteiger charge is 2.08. The second-order valence-electron chi connectivity index (χ2n) is 3.10. The molecule has 82 valence electrons. The average Bonchev–Trinajstić information content (AvgIpc) is 2.25.